The molecule has 1 heterocycles. The number of nitrogens with zero attached hydrogens (tertiary/aromatic N) is 3. The lowest BCUT2D eigenvalue weighted by molar-refractivity contribution is -0.0110. The molecule has 1 amide bonds. The van der Waals surface area contributed by atoms with E-state index in [-0.39, 0.29) is 12.0 Å². The van der Waals surface area contributed by atoms with Crippen molar-refractivity contribution in [2.24, 2.45) is 17.8 Å². The van der Waals surface area contributed by atoms with Gasteiger partial charge in [-0.1, -0.05) is 30.3 Å². The maximum absolute atomic E-state index is 12.3. The summed E-state index contributed by atoms with van der Waals surface area (Å²) in [5, 5.41) is 11.7. The summed E-state index contributed by atoms with van der Waals surface area (Å²) in [6.07, 6.45) is 7.41. The molecule has 6 rings (SSSR count). The lowest BCUT2D eigenvalue weighted by Gasteiger charge is -2.56. The van der Waals surface area contributed by atoms with Gasteiger partial charge in [-0.3, -0.25) is 9.88 Å². The number of carbonyl (C=O) groups excluding carboxylic acids is 1. The van der Waals surface area contributed by atoms with E-state index in [4.69, 9.17) is 4.74 Å². The minimum absolute atomic E-state index is 0.158. The topological polar surface area (TPSA) is 69.0 Å². The van der Waals surface area contributed by atoms with Crippen molar-refractivity contribution in [2.45, 2.75) is 64.0 Å². The number of hydrogen-bond donors (Lipinski definition) is 1. The van der Waals surface area contributed by atoms with Gasteiger partial charge in [0.05, 0.1) is 0 Å². The molecule has 0 atom stereocenters. The summed E-state index contributed by atoms with van der Waals surface area (Å²) in [6, 6.07) is 9.68. The lowest BCUT2D eigenvalue weighted by atomic mass is 9.49. The summed E-state index contributed by atoms with van der Waals surface area (Å²) in [4.78, 5) is 12.3. The van der Waals surface area contributed by atoms with Gasteiger partial charge in [0, 0.05) is 12.0 Å². The molecular formula is C22H28N4O2. The molecule has 0 radical (unpaired) electrons. The van der Waals surface area contributed by atoms with Crippen molar-refractivity contribution in [2.75, 3.05) is 5.32 Å². The van der Waals surface area contributed by atoms with Crippen molar-refractivity contribution in [3.8, 4) is 0 Å². The molecule has 6 nitrogen and oxygen atoms in total. The summed E-state index contributed by atoms with van der Waals surface area (Å²) in [7, 11) is 0. The first-order valence-electron chi connectivity index (χ1n) is 10.6. The molecule has 0 aliphatic heterocycles. The van der Waals surface area contributed by atoms with Crippen LogP contribution in [0.2, 0.25) is 0 Å². The highest BCUT2D eigenvalue weighted by atomic mass is 16.5. The van der Waals surface area contributed by atoms with E-state index in [1.54, 1.807) is 0 Å². The normalized spacial score (nSPS) is 30.4. The average molecular weight is 380 g/mol. The van der Waals surface area contributed by atoms with Gasteiger partial charge in [-0.05, 0) is 68.8 Å². The van der Waals surface area contributed by atoms with E-state index in [9.17, 15) is 4.79 Å². The molecule has 148 valence electrons. The Hall–Kier alpha value is -2.37. The molecule has 2 aromatic rings. The van der Waals surface area contributed by atoms with Crippen molar-refractivity contribution in [3.05, 3.63) is 41.7 Å². The summed E-state index contributed by atoms with van der Waals surface area (Å²) in [5.41, 5.74) is 1.12. The van der Waals surface area contributed by atoms with Crippen LogP contribution in [0.3, 0.4) is 0 Å². The van der Waals surface area contributed by atoms with Gasteiger partial charge in [0.25, 0.3) is 0 Å². The maximum atomic E-state index is 12.3. The second-order valence-corrected chi connectivity index (χ2v) is 8.98. The number of aromatic nitrogens is 3. The van der Waals surface area contributed by atoms with E-state index >= 15 is 0 Å². The first kappa shape index (κ1) is 17.7. The minimum Gasteiger partial charge on any atom is -0.444 e. The average Bonchev–Trinajstić information content (AvgIpc) is 3.09. The number of benzene rings is 1. The van der Waals surface area contributed by atoms with Crippen LogP contribution in [-0.4, -0.2) is 20.9 Å². The molecule has 1 aromatic heterocycles. The second-order valence-electron chi connectivity index (χ2n) is 8.98. The quantitative estimate of drug-likeness (QED) is 0.828. The summed E-state index contributed by atoms with van der Waals surface area (Å²) in [6.45, 7) is 3.08. The molecule has 0 saturated heterocycles. The Balaban J connectivity index is 1.32. The summed E-state index contributed by atoms with van der Waals surface area (Å²) in [5.74, 6) is 4.13. The fraction of sp³-hybridized carbons (Fsp3) is 0.591. The molecule has 4 fully saturated rings. The third kappa shape index (κ3) is 3.09. The molecule has 0 unspecified atom stereocenters. The van der Waals surface area contributed by atoms with E-state index < -0.39 is 6.09 Å². The highest BCUT2D eigenvalue weighted by Gasteiger charge is 2.53. The zero-order chi connectivity index (χ0) is 19.1. The van der Waals surface area contributed by atoms with Crippen molar-refractivity contribution in [3.63, 3.8) is 0 Å². The highest BCUT2D eigenvalue weighted by molar-refractivity contribution is 5.82. The van der Waals surface area contributed by atoms with Crippen LogP contribution < -0.4 is 5.32 Å². The van der Waals surface area contributed by atoms with E-state index in [1.165, 1.54) is 38.5 Å². The van der Waals surface area contributed by atoms with Crippen molar-refractivity contribution >= 4 is 12.0 Å². The van der Waals surface area contributed by atoms with Crippen LogP contribution >= 0.6 is 0 Å². The molecule has 0 spiro atoms. The van der Waals surface area contributed by atoms with E-state index in [1.807, 2.05) is 30.3 Å². The first-order valence-corrected chi connectivity index (χ1v) is 10.6. The standard InChI is InChI=1S/C22H28N4O2/c1-2-26-19(22-11-16-8-17(12-22)10-18(9-16)13-22)24-25-20(26)23-21(27)28-14-15-6-4-3-5-7-15/h3-7,16-18H,2,8-14H2,1H3,(H,23,25,27). The summed E-state index contributed by atoms with van der Waals surface area (Å²) < 4.78 is 7.45. The fourth-order valence-electron chi connectivity index (χ4n) is 6.32. The molecule has 4 aliphatic rings. The van der Waals surface area contributed by atoms with Crippen LogP contribution in [0.4, 0.5) is 10.7 Å². The maximum Gasteiger partial charge on any atom is 0.414 e. The molecule has 4 saturated carbocycles. The number of rotatable bonds is 5. The van der Waals surface area contributed by atoms with E-state index in [0.717, 1.165) is 35.7 Å². The van der Waals surface area contributed by atoms with E-state index in [2.05, 4.69) is 27.0 Å². The Labute approximate surface area is 165 Å². The van der Waals surface area contributed by atoms with Gasteiger partial charge in [0.15, 0.2) is 0 Å². The number of hydrogen-bond acceptors (Lipinski definition) is 4. The third-order valence-electron chi connectivity index (χ3n) is 7.01. The molecule has 4 aliphatic carbocycles. The number of amides is 1. The van der Waals surface area contributed by atoms with Crippen LogP contribution in [0, 0.1) is 17.8 Å². The Morgan fingerprint density at radius 1 is 1.11 bits per heavy atom. The van der Waals surface area contributed by atoms with Crippen molar-refractivity contribution in [1.29, 1.82) is 0 Å². The zero-order valence-corrected chi connectivity index (χ0v) is 16.4. The largest absolute Gasteiger partial charge is 0.444 e. The molecule has 28 heavy (non-hydrogen) atoms. The number of carbonyl (C=O) groups is 1. The minimum atomic E-state index is -0.483. The van der Waals surface area contributed by atoms with Gasteiger partial charge >= 0.3 is 6.09 Å². The van der Waals surface area contributed by atoms with Crippen LogP contribution in [0.25, 0.3) is 0 Å². The zero-order valence-electron chi connectivity index (χ0n) is 16.4. The lowest BCUT2D eigenvalue weighted by Crippen LogP contribution is -2.49. The van der Waals surface area contributed by atoms with Gasteiger partial charge in [0.2, 0.25) is 5.95 Å². The number of nitrogens with one attached hydrogen (secondary N) is 1. The molecule has 6 heteroatoms. The Morgan fingerprint density at radius 3 is 2.36 bits per heavy atom. The Bertz CT molecular complexity index is 825. The molecule has 1 N–H and O–H groups in total. The van der Waals surface area contributed by atoms with Gasteiger partial charge in [-0.25, -0.2) is 4.79 Å². The fourth-order valence-corrected chi connectivity index (χ4v) is 6.32. The monoisotopic (exact) mass is 380 g/mol. The third-order valence-corrected chi connectivity index (χ3v) is 7.01. The Morgan fingerprint density at radius 2 is 1.75 bits per heavy atom. The van der Waals surface area contributed by atoms with Gasteiger partial charge < -0.3 is 4.74 Å². The molecular weight excluding hydrogens is 352 g/mol. The second kappa shape index (κ2) is 6.90. The SMILES string of the molecule is CCn1c(NC(=O)OCc2ccccc2)nnc1C12CC3CC(CC(C3)C1)C2. The van der Waals surface area contributed by atoms with Crippen molar-refractivity contribution in [1.82, 2.24) is 14.8 Å². The number of anilines is 1. The van der Waals surface area contributed by atoms with Gasteiger partial charge in [-0.2, -0.15) is 0 Å². The van der Waals surface area contributed by atoms with Crippen LogP contribution in [0.5, 0.6) is 0 Å². The summed E-state index contributed by atoms with van der Waals surface area (Å²) >= 11 is 0. The predicted octanol–water partition coefficient (Wildman–Crippen LogP) is 4.51. The van der Waals surface area contributed by atoms with Crippen LogP contribution in [-0.2, 0) is 23.3 Å². The Kier molecular flexibility index (Phi) is 4.37. The molecule has 1 aromatic carbocycles. The number of ether oxygens (including phenoxy) is 1. The first-order chi connectivity index (χ1) is 13.6. The van der Waals surface area contributed by atoms with Gasteiger partial charge in [0.1, 0.15) is 12.4 Å². The smallest absolute Gasteiger partial charge is 0.414 e. The van der Waals surface area contributed by atoms with Crippen LogP contribution in [0.15, 0.2) is 30.3 Å². The molecule has 4 bridgehead atoms. The van der Waals surface area contributed by atoms with Crippen molar-refractivity contribution < 1.29 is 9.53 Å². The highest BCUT2D eigenvalue weighted by Crippen LogP contribution is 2.60. The van der Waals surface area contributed by atoms with Crippen LogP contribution in [0.1, 0.15) is 56.8 Å². The van der Waals surface area contributed by atoms with Gasteiger partial charge in [-0.15, -0.1) is 10.2 Å². The predicted molar refractivity (Wildman–Crippen MR) is 106 cm³/mol. The van der Waals surface area contributed by atoms with E-state index in [0.29, 0.717) is 5.95 Å².